The zero-order chi connectivity index (χ0) is 13.8. The van der Waals surface area contributed by atoms with Gasteiger partial charge in [0.1, 0.15) is 11.5 Å². The Labute approximate surface area is 113 Å². The Morgan fingerprint density at radius 1 is 0.789 bits per heavy atom. The van der Waals surface area contributed by atoms with Gasteiger partial charge < -0.3 is 15.5 Å². The summed E-state index contributed by atoms with van der Waals surface area (Å²) in [5.41, 5.74) is 2.07. The van der Waals surface area contributed by atoms with Gasteiger partial charge in [-0.05, 0) is 49.2 Å². The molecule has 19 heavy (non-hydrogen) atoms. The fraction of sp³-hybridized carbons (Fsp3) is 0.250. The quantitative estimate of drug-likeness (QED) is 0.785. The molecule has 0 heterocycles. The van der Waals surface area contributed by atoms with Crippen molar-refractivity contribution in [3.8, 4) is 11.5 Å². The normalized spacial score (nSPS) is 14.0. The molecule has 0 aliphatic rings. The third-order valence-corrected chi connectivity index (χ3v) is 3.24. The Bertz CT molecular complexity index is 504. The van der Waals surface area contributed by atoms with Crippen LogP contribution in [-0.4, -0.2) is 10.2 Å². The summed E-state index contributed by atoms with van der Waals surface area (Å²) in [4.78, 5) is 0. The molecular weight excluding hydrogens is 238 g/mol. The van der Waals surface area contributed by atoms with Gasteiger partial charge in [-0.2, -0.15) is 0 Å². The van der Waals surface area contributed by atoms with Crippen molar-refractivity contribution in [2.24, 2.45) is 0 Å². The molecule has 2 rings (SSSR count). The van der Waals surface area contributed by atoms with E-state index in [0.29, 0.717) is 0 Å². The maximum Gasteiger partial charge on any atom is 0.115 e. The summed E-state index contributed by atoms with van der Waals surface area (Å²) < 4.78 is 0. The molecule has 0 aromatic heterocycles. The molecule has 0 bridgehead atoms. The molecule has 3 heteroatoms. The largest absolute Gasteiger partial charge is 0.508 e. The van der Waals surface area contributed by atoms with E-state index >= 15 is 0 Å². The van der Waals surface area contributed by atoms with E-state index in [0.717, 1.165) is 11.1 Å². The van der Waals surface area contributed by atoms with Crippen LogP contribution in [0.2, 0.25) is 0 Å². The highest BCUT2D eigenvalue weighted by atomic mass is 16.3. The molecule has 0 radical (unpaired) electrons. The van der Waals surface area contributed by atoms with Crippen molar-refractivity contribution >= 4 is 0 Å². The van der Waals surface area contributed by atoms with Gasteiger partial charge in [0.2, 0.25) is 0 Å². The third-order valence-electron chi connectivity index (χ3n) is 3.24. The molecule has 2 unspecified atom stereocenters. The van der Waals surface area contributed by atoms with Gasteiger partial charge in [-0.3, -0.25) is 0 Å². The second kappa shape index (κ2) is 5.76. The molecule has 3 nitrogen and oxygen atoms in total. The smallest absolute Gasteiger partial charge is 0.115 e. The highest BCUT2D eigenvalue weighted by Gasteiger charge is 2.11. The number of phenolic OH excluding ortho intramolecular Hbond substituents is 2. The summed E-state index contributed by atoms with van der Waals surface area (Å²) in [5.74, 6) is 0.548. The standard InChI is InChI=1S/C16H19NO2/c1-11(13-5-3-7-15(18)9-13)17-12(2)14-6-4-8-16(19)10-14/h3-12,17-19H,1-2H3. The lowest BCUT2D eigenvalue weighted by Gasteiger charge is -2.21. The Hall–Kier alpha value is -2.00. The average Bonchev–Trinajstić information content (AvgIpc) is 2.38. The van der Waals surface area contributed by atoms with E-state index in [4.69, 9.17) is 0 Å². The summed E-state index contributed by atoms with van der Waals surface area (Å²) in [5, 5.41) is 22.4. The summed E-state index contributed by atoms with van der Waals surface area (Å²) in [6.45, 7) is 4.10. The first-order valence-electron chi connectivity index (χ1n) is 6.40. The van der Waals surface area contributed by atoms with Crippen LogP contribution < -0.4 is 5.32 Å². The molecule has 3 N–H and O–H groups in total. The molecule has 0 fully saturated rings. The van der Waals surface area contributed by atoms with Crippen LogP contribution >= 0.6 is 0 Å². The van der Waals surface area contributed by atoms with E-state index in [-0.39, 0.29) is 23.6 Å². The second-order valence-corrected chi connectivity index (χ2v) is 4.80. The van der Waals surface area contributed by atoms with E-state index < -0.39 is 0 Å². The first-order valence-corrected chi connectivity index (χ1v) is 6.40. The number of phenols is 2. The van der Waals surface area contributed by atoms with Gasteiger partial charge in [-0.1, -0.05) is 24.3 Å². The number of nitrogens with one attached hydrogen (secondary N) is 1. The first-order chi connectivity index (χ1) is 9.06. The lowest BCUT2D eigenvalue weighted by atomic mass is 10.0. The summed E-state index contributed by atoms with van der Waals surface area (Å²) in [7, 11) is 0. The van der Waals surface area contributed by atoms with Crippen LogP contribution in [0.1, 0.15) is 37.1 Å². The van der Waals surface area contributed by atoms with Gasteiger partial charge >= 0.3 is 0 Å². The predicted molar refractivity (Wildman–Crippen MR) is 76.2 cm³/mol. The SMILES string of the molecule is CC(NC(C)c1cccc(O)c1)c1cccc(O)c1. The predicted octanol–water partition coefficient (Wildman–Crippen LogP) is 3.51. The highest BCUT2D eigenvalue weighted by Crippen LogP contribution is 2.23. The molecule has 2 aromatic rings. The van der Waals surface area contributed by atoms with Crippen LogP contribution in [0.25, 0.3) is 0 Å². The lowest BCUT2D eigenvalue weighted by Crippen LogP contribution is -2.22. The van der Waals surface area contributed by atoms with Crippen LogP contribution in [-0.2, 0) is 0 Å². The Kier molecular flexibility index (Phi) is 4.07. The minimum atomic E-state index is 0.115. The van der Waals surface area contributed by atoms with Crippen LogP contribution in [0.3, 0.4) is 0 Å². The molecule has 100 valence electrons. The van der Waals surface area contributed by atoms with E-state index in [9.17, 15) is 10.2 Å². The maximum atomic E-state index is 9.49. The molecule has 2 atom stereocenters. The van der Waals surface area contributed by atoms with Gasteiger partial charge in [0.25, 0.3) is 0 Å². The minimum Gasteiger partial charge on any atom is -0.508 e. The number of hydrogen-bond donors (Lipinski definition) is 3. The molecule has 0 saturated heterocycles. The maximum absolute atomic E-state index is 9.49. The molecule has 0 aliphatic carbocycles. The van der Waals surface area contributed by atoms with Crippen molar-refractivity contribution in [2.45, 2.75) is 25.9 Å². The van der Waals surface area contributed by atoms with Gasteiger partial charge in [-0.25, -0.2) is 0 Å². The van der Waals surface area contributed by atoms with Crippen molar-refractivity contribution in [3.05, 3.63) is 59.7 Å². The molecule has 0 saturated carbocycles. The van der Waals surface area contributed by atoms with Gasteiger partial charge in [0.05, 0.1) is 0 Å². The Balaban J connectivity index is 2.08. The zero-order valence-corrected chi connectivity index (χ0v) is 11.2. The van der Waals surface area contributed by atoms with Gasteiger partial charge in [-0.15, -0.1) is 0 Å². The molecule has 0 amide bonds. The number of aromatic hydroxyl groups is 2. The van der Waals surface area contributed by atoms with Crippen LogP contribution in [0, 0.1) is 0 Å². The van der Waals surface area contributed by atoms with Crippen molar-refractivity contribution in [3.63, 3.8) is 0 Å². The van der Waals surface area contributed by atoms with Gasteiger partial charge in [0, 0.05) is 12.1 Å². The zero-order valence-electron chi connectivity index (χ0n) is 11.2. The van der Waals surface area contributed by atoms with E-state index in [1.165, 1.54) is 0 Å². The van der Waals surface area contributed by atoms with Crippen LogP contribution in [0.5, 0.6) is 11.5 Å². The summed E-state index contributed by atoms with van der Waals surface area (Å²) >= 11 is 0. The van der Waals surface area contributed by atoms with Crippen molar-refractivity contribution in [1.82, 2.24) is 5.32 Å². The fourth-order valence-corrected chi connectivity index (χ4v) is 2.16. The Morgan fingerprint density at radius 3 is 1.58 bits per heavy atom. The van der Waals surface area contributed by atoms with Crippen molar-refractivity contribution < 1.29 is 10.2 Å². The number of hydrogen-bond acceptors (Lipinski definition) is 3. The lowest BCUT2D eigenvalue weighted by molar-refractivity contribution is 0.461. The fourth-order valence-electron chi connectivity index (χ4n) is 2.16. The van der Waals surface area contributed by atoms with Crippen LogP contribution in [0.15, 0.2) is 48.5 Å². The molecule has 0 spiro atoms. The summed E-state index contributed by atoms with van der Waals surface area (Å²) in [6, 6.07) is 14.7. The minimum absolute atomic E-state index is 0.115. The first kappa shape index (κ1) is 13.4. The number of rotatable bonds is 4. The summed E-state index contributed by atoms with van der Waals surface area (Å²) in [6.07, 6.45) is 0. The van der Waals surface area contributed by atoms with E-state index in [1.54, 1.807) is 24.3 Å². The molecular formula is C16H19NO2. The van der Waals surface area contributed by atoms with Crippen molar-refractivity contribution in [1.29, 1.82) is 0 Å². The average molecular weight is 257 g/mol. The van der Waals surface area contributed by atoms with Crippen molar-refractivity contribution in [2.75, 3.05) is 0 Å². The molecule has 2 aromatic carbocycles. The van der Waals surface area contributed by atoms with Crippen LogP contribution in [0.4, 0.5) is 0 Å². The molecule has 0 aliphatic heterocycles. The monoisotopic (exact) mass is 257 g/mol. The number of benzene rings is 2. The second-order valence-electron chi connectivity index (χ2n) is 4.80. The topological polar surface area (TPSA) is 52.5 Å². The van der Waals surface area contributed by atoms with Gasteiger partial charge in [0.15, 0.2) is 0 Å². The third kappa shape index (κ3) is 3.48. The van der Waals surface area contributed by atoms with E-state index in [2.05, 4.69) is 5.32 Å². The Morgan fingerprint density at radius 2 is 1.21 bits per heavy atom. The van der Waals surface area contributed by atoms with E-state index in [1.807, 2.05) is 38.1 Å². The highest BCUT2D eigenvalue weighted by molar-refractivity contribution is 5.31.